The third-order valence-electron chi connectivity index (χ3n) is 3.05. The smallest absolute Gasteiger partial charge is 0.321 e. The van der Waals surface area contributed by atoms with E-state index < -0.39 is 0 Å². The molecule has 104 valence electrons. The third kappa shape index (κ3) is 3.84. The van der Waals surface area contributed by atoms with Gasteiger partial charge in [0.15, 0.2) is 0 Å². The van der Waals surface area contributed by atoms with Crippen LogP contribution in [0.25, 0.3) is 0 Å². The van der Waals surface area contributed by atoms with E-state index >= 15 is 0 Å². The van der Waals surface area contributed by atoms with Gasteiger partial charge in [0.05, 0.1) is 5.69 Å². The average molecular weight is 333 g/mol. The Bertz CT molecular complexity index is 572. The van der Waals surface area contributed by atoms with Crippen molar-refractivity contribution in [1.82, 2.24) is 5.32 Å². The molecule has 0 saturated carbocycles. The predicted molar refractivity (Wildman–Crippen MR) is 86.1 cm³/mol. The van der Waals surface area contributed by atoms with Crippen LogP contribution >= 0.6 is 15.9 Å². The maximum Gasteiger partial charge on any atom is 0.321 e. The van der Waals surface area contributed by atoms with Crippen molar-refractivity contribution in [3.05, 3.63) is 64.6 Å². The van der Waals surface area contributed by atoms with Crippen LogP contribution in [0.5, 0.6) is 0 Å². The fourth-order valence-electron chi connectivity index (χ4n) is 1.91. The molecule has 0 atom stereocenters. The fourth-order valence-corrected chi connectivity index (χ4v) is 2.46. The predicted octanol–water partition coefficient (Wildman–Crippen LogP) is 3.84. The second-order valence-electron chi connectivity index (χ2n) is 4.48. The lowest BCUT2D eigenvalue weighted by molar-refractivity contribution is 0.247. The maximum absolute atomic E-state index is 12.1. The number of urea groups is 1. The molecule has 0 unspecified atom stereocenters. The van der Waals surface area contributed by atoms with E-state index in [-0.39, 0.29) is 6.03 Å². The van der Waals surface area contributed by atoms with Crippen molar-refractivity contribution in [2.45, 2.75) is 6.42 Å². The molecule has 0 radical (unpaired) electrons. The first-order valence-electron chi connectivity index (χ1n) is 6.48. The van der Waals surface area contributed by atoms with Gasteiger partial charge in [-0.05, 0) is 40.0 Å². The van der Waals surface area contributed by atoms with Crippen molar-refractivity contribution in [1.29, 1.82) is 0 Å². The van der Waals surface area contributed by atoms with Gasteiger partial charge >= 0.3 is 6.03 Å². The number of para-hydroxylation sites is 1. The first-order valence-corrected chi connectivity index (χ1v) is 7.28. The molecule has 0 bridgehead atoms. The summed E-state index contributed by atoms with van der Waals surface area (Å²) in [5.74, 6) is 0. The van der Waals surface area contributed by atoms with Crippen molar-refractivity contribution in [3.63, 3.8) is 0 Å². The lowest BCUT2D eigenvalue weighted by atomic mass is 10.1. The Labute approximate surface area is 127 Å². The highest BCUT2D eigenvalue weighted by Gasteiger charge is 2.12. The Morgan fingerprint density at radius 3 is 2.45 bits per heavy atom. The quantitative estimate of drug-likeness (QED) is 0.906. The molecular formula is C16H17BrN2O. The van der Waals surface area contributed by atoms with Crippen LogP contribution in [-0.4, -0.2) is 19.6 Å². The zero-order valence-electron chi connectivity index (χ0n) is 11.3. The van der Waals surface area contributed by atoms with E-state index in [9.17, 15) is 4.79 Å². The highest BCUT2D eigenvalue weighted by molar-refractivity contribution is 9.10. The summed E-state index contributed by atoms with van der Waals surface area (Å²) in [5.41, 5.74) is 2.07. The van der Waals surface area contributed by atoms with Crippen LogP contribution in [0.4, 0.5) is 10.5 Å². The lowest BCUT2D eigenvalue weighted by Crippen LogP contribution is -2.38. The number of benzene rings is 2. The minimum absolute atomic E-state index is 0.104. The summed E-state index contributed by atoms with van der Waals surface area (Å²) < 4.78 is 0.903. The van der Waals surface area contributed by atoms with Gasteiger partial charge in [0.1, 0.15) is 0 Å². The van der Waals surface area contributed by atoms with Gasteiger partial charge in [-0.3, -0.25) is 4.90 Å². The molecule has 0 heterocycles. The Hall–Kier alpha value is -1.81. The first kappa shape index (κ1) is 14.6. The number of nitrogens with zero attached hydrogens (tertiary/aromatic N) is 1. The molecule has 1 N–H and O–H groups in total. The molecule has 0 fully saturated rings. The molecule has 2 aromatic rings. The van der Waals surface area contributed by atoms with E-state index in [1.54, 1.807) is 11.9 Å². The molecule has 2 aromatic carbocycles. The Morgan fingerprint density at radius 1 is 1.10 bits per heavy atom. The molecule has 0 aliphatic rings. The van der Waals surface area contributed by atoms with Crippen LogP contribution < -0.4 is 10.2 Å². The van der Waals surface area contributed by atoms with Crippen LogP contribution in [0.15, 0.2) is 59.1 Å². The molecule has 0 spiro atoms. The fraction of sp³-hybridized carbons (Fsp3) is 0.188. The largest absolute Gasteiger partial charge is 0.337 e. The topological polar surface area (TPSA) is 32.3 Å². The number of hydrogen-bond donors (Lipinski definition) is 1. The number of nitrogens with one attached hydrogen (secondary N) is 1. The van der Waals surface area contributed by atoms with Crippen molar-refractivity contribution in [2.75, 3.05) is 18.5 Å². The monoisotopic (exact) mass is 332 g/mol. The molecule has 3 nitrogen and oxygen atoms in total. The summed E-state index contributed by atoms with van der Waals surface area (Å²) >= 11 is 3.45. The Kier molecular flexibility index (Phi) is 5.18. The molecule has 2 rings (SSSR count). The van der Waals surface area contributed by atoms with E-state index in [0.717, 1.165) is 16.6 Å². The van der Waals surface area contributed by atoms with Crippen molar-refractivity contribution < 1.29 is 4.79 Å². The van der Waals surface area contributed by atoms with Crippen molar-refractivity contribution in [2.24, 2.45) is 0 Å². The zero-order chi connectivity index (χ0) is 14.4. The van der Waals surface area contributed by atoms with Crippen LogP contribution in [0.1, 0.15) is 5.56 Å². The van der Waals surface area contributed by atoms with Crippen molar-refractivity contribution >= 4 is 27.6 Å². The molecule has 0 aliphatic heterocycles. The normalized spacial score (nSPS) is 10.1. The van der Waals surface area contributed by atoms with Gasteiger partial charge in [-0.15, -0.1) is 0 Å². The van der Waals surface area contributed by atoms with E-state index in [2.05, 4.69) is 33.4 Å². The number of rotatable bonds is 4. The van der Waals surface area contributed by atoms with Crippen LogP contribution in [0.2, 0.25) is 0 Å². The van der Waals surface area contributed by atoms with Gasteiger partial charge in [0.2, 0.25) is 0 Å². The molecule has 0 aliphatic carbocycles. The summed E-state index contributed by atoms with van der Waals surface area (Å²) in [6.45, 7) is 0.623. The molecule has 2 amide bonds. The second kappa shape index (κ2) is 7.10. The summed E-state index contributed by atoms with van der Waals surface area (Å²) in [6.07, 6.45) is 0.830. The third-order valence-corrected chi connectivity index (χ3v) is 3.72. The van der Waals surface area contributed by atoms with Crippen LogP contribution in [-0.2, 0) is 6.42 Å². The summed E-state index contributed by atoms with van der Waals surface area (Å²) in [4.78, 5) is 13.7. The summed E-state index contributed by atoms with van der Waals surface area (Å²) in [7, 11) is 1.76. The van der Waals surface area contributed by atoms with E-state index in [4.69, 9.17) is 0 Å². The molecule has 0 aromatic heterocycles. The average Bonchev–Trinajstić information content (AvgIpc) is 2.48. The van der Waals surface area contributed by atoms with E-state index in [1.165, 1.54) is 5.56 Å². The van der Waals surface area contributed by atoms with Gasteiger partial charge in [-0.25, -0.2) is 4.79 Å². The Morgan fingerprint density at radius 2 is 1.75 bits per heavy atom. The summed E-state index contributed by atoms with van der Waals surface area (Å²) in [5, 5.41) is 2.92. The van der Waals surface area contributed by atoms with Crippen molar-refractivity contribution in [3.8, 4) is 0 Å². The number of amides is 2. The van der Waals surface area contributed by atoms with Gasteiger partial charge in [0.25, 0.3) is 0 Å². The minimum atomic E-state index is -0.104. The standard InChI is InChI=1S/C16H17BrN2O/c1-19(15-10-6-5-9-14(15)17)16(20)18-12-11-13-7-3-2-4-8-13/h2-10H,11-12H2,1H3,(H,18,20). The van der Waals surface area contributed by atoms with Crippen LogP contribution in [0.3, 0.4) is 0 Å². The van der Waals surface area contributed by atoms with Gasteiger partial charge in [-0.2, -0.15) is 0 Å². The number of carbonyl (C=O) groups excluding carboxylic acids is 1. The highest BCUT2D eigenvalue weighted by Crippen LogP contribution is 2.24. The lowest BCUT2D eigenvalue weighted by Gasteiger charge is -2.19. The highest BCUT2D eigenvalue weighted by atomic mass is 79.9. The van der Waals surface area contributed by atoms with E-state index in [1.807, 2.05) is 42.5 Å². The van der Waals surface area contributed by atoms with Gasteiger partial charge in [-0.1, -0.05) is 42.5 Å². The van der Waals surface area contributed by atoms with Gasteiger partial charge < -0.3 is 5.32 Å². The molecule has 4 heteroatoms. The number of anilines is 1. The SMILES string of the molecule is CN(C(=O)NCCc1ccccc1)c1ccccc1Br. The molecular weight excluding hydrogens is 316 g/mol. The number of carbonyl (C=O) groups is 1. The number of hydrogen-bond acceptors (Lipinski definition) is 1. The molecule has 20 heavy (non-hydrogen) atoms. The maximum atomic E-state index is 12.1. The van der Waals surface area contributed by atoms with Crippen LogP contribution in [0, 0.1) is 0 Å². The molecule has 0 saturated heterocycles. The summed E-state index contributed by atoms with van der Waals surface area (Å²) in [6, 6.07) is 17.7. The van der Waals surface area contributed by atoms with E-state index in [0.29, 0.717) is 6.54 Å². The first-order chi connectivity index (χ1) is 9.68. The minimum Gasteiger partial charge on any atom is -0.337 e. The number of halogens is 1. The second-order valence-corrected chi connectivity index (χ2v) is 5.33. The Balaban J connectivity index is 1.87. The zero-order valence-corrected chi connectivity index (χ0v) is 12.9. The van der Waals surface area contributed by atoms with Gasteiger partial charge in [0, 0.05) is 18.1 Å².